The fourth-order valence-electron chi connectivity index (χ4n) is 1.45. The Kier molecular flexibility index (Phi) is 10.3. The van der Waals surface area contributed by atoms with Crippen molar-refractivity contribution in [2.45, 2.75) is 33.2 Å². The van der Waals surface area contributed by atoms with E-state index in [0.717, 1.165) is 0 Å². The van der Waals surface area contributed by atoms with Crippen LogP contribution in [0.2, 0.25) is 6.04 Å². The molecule has 0 bridgehead atoms. The minimum atomic E-state index is -2.85. The molecule has 1 atom stereocenters. The maximum Gasteiger partial charge on any atom is 0.501 e. The fourth-order valence-corrected chi connectivity index (χ4v) is 4.35. The number of hydrogen-bond acceptors (Lipinski definition) is 5. The van der Waals surface area contributed by atoms with Gasteiger partial charge in [0.1, 0.15) is 0 Å². The van der Waals surface area contributed by atoms with Crippen LogP contribution in [-0.2, 0) is 22.4 Å². The molecule has 0 saturated heterocycles. The minimum Gasteiger partial charge on any atom is -0.374 e. The summed E-state index contributed by atoms with van der Waals surface area (Å²) in [6.45, 7) is 7.49. The second-order valence-corrected chi connectivity index (χ2v) is 6.75. The molecule has 0 aliphatic carbocycles. The van der Waals surface area contributed by atoms with E-state index in [4.69, 9.17) is 18.2 Å². The average molecular weight is 286 g/mol. The van der Waals surface area contributed by atoms with Crippen molar-refractivity contribution in [3.8, 4) is 0 Å². The molecule has 1 unspecified atom stereocenters. The Balaban J connectivity index is 4.18. The summed E-state index contributed by atoms with van der Waals surface area (Å²) < 4.78 is 31.9. The third-order valence-corrected chi connectivity index (χ3v) is 5.55. The molecule has 104 valence electrons. The molecule has 6 nitrogen and oxygen atoms in total. The first kappa shape index (κ1) is 17.2. The molecule has 0 aromatic heterocycles. The van der Waals surface area contributed by atoms with Gasteiger partial charge in [-0.3, -0.25) is 4.57 Å². The molecule has 0 saturated carbocycles. The number of rotatable bonds is 11. The van der Waals surface area contributed by atoms with Gasteiger partial charge in [-0.15, -0.1) is 0 Å². The molecule has 17 heavy (non-hydrogen) atoms. The van der Waals surface area contributed by atoms with E-state index in [1.807, 2.05) is 20.8 Å². The first-order valence-electron chi connectivity index (χ1n) is 5.87. The normalized spacial score (nSPS) is 13.9. The maximum atomic E-state index is 10.4. The van der Waals surface area contributed by atoms with Gasteiger partial charge in [0.15, 0.2) is 0 Å². The van der Waals surface area contributed by atoms with Gasteiger partial charge >= 0.3 is 17.1 Å². The minimum absolute atomic E-state index is 0.219. The van der Waals surface area contributed by atoms with Crippen molar-refractivity contribution in [1.29, 1.82) is 0 Å². The summed E-state index contributed by atoms with van der Waals surface area (Å²) in [5.74, 6) is 0. The summed E-state index contributed by atoms with van der Waals surface area (Å²) in [6.07, 6.45) is 0.586. The van der Waals surface area contributed by atoms with Crippen molar-refractivity contribution in [1.82, 2.24) is 0 Å². The van der Waals surface area contributed by atoms with Crippen LogP contribution < -0.4 is 0 Å². The predicted octanol–water partition coefficient (Wildman–Crippen LogP) is 1.82. The topological polar surface area (TPSA) is 74.2 Å². The third kappa shape index (κ3) is 8.04. The molecule has 1 N–H and O–H groups in total. The van der Waals surface area contributed by atoms with E-state index >= 15 is 0 Å². The van der Waals surface area contributed by atoms with Crippen LogP contribution in [0.3, 0.4) is 0 Å². The van der Waals surface area contributed by atoms with E-state index < -0.39 is 17.1 Å². The highest BCUT2D eigenvalue weighted by atomic mass is 31.1. The molecular weight excluding hydrogens is 263 g/mol. The second kappa shape index (κ2) is 10.2. The van der Waals surface area contributed by atoms with E-state index in [0.29, 0.717) is 32.3 Å². The maximum absolute atomic E-state index is 10.4. The van der Waals surface area contributed by atoms with Crippen LogP contribution in [0.1, 0.15) is 27.2 Å². The van der Waals surface area contributed by atoms with Gasteiger partial charge in [0.2, 0.25) is 0 Å². The standard InChI is InChI=1S/C9H23O6PSi/c1-4-13-17(14-5-2,15-6-3)9-7-8-12-16(10)11/h16H,4-9H2,1-3H3,(H,10,11). The molecule has 0 radical (unpaired) electrons. The molecule has 0 aliphatic heterocycles. The molecular formula is C9H23O6PSi. The lowest BCUT2D eigenvalue weighted by molar-refractivity contribution is 0.0695. The first-order valence-corrected chi connectivity index (χ1v) is 9.07. The molecule has 0 amide bonds. The Bertz CT molecular complexity index is 199. The lowest BCUT2D eigenvalue weighted by Crippen LogP contribution is -2.46. The van der Waals surface area contributed by atoms with E-state index in [-0.39, 0.29) is 6.61 Å². The monoisotopic (exact) mass is 286 g/mol. The van der Waals surface area contributed by atoms with Gasteiger partial charge in [0.05, 0.1) is 6.61 Å². The van der Waals surface area contributed by atoms with Crippen molar-refractivity contribution in [3.63, 3.8) is 0 Å². The van der Waals surface area contributed by atoms with Crippen LogP contribution in [-0.4, -0.2) is 40.1 Å². The highest BCUT2D eigenvalue weighted by molar-refractivity contribution is 7.32. The Morgan fingerprint density at radius 1 is 1.06 bits per heavy atom. The summed E-state index contributed by atoms with van der Waals surface area (Å²) in [5, 5.41) is 0. The lowest BCUT2D eigenvalue weighted by Gasteiger charge is -2.28. The largest absolute Gasteiger partial charge is 0.501 e. The zero-order valence-corrected chi connectivity index (χ0v) is 12.7. The Hall–Kier alpha value is 0.247. The Morgan fingerprint density at radius 2 is 1.53 bits per heavy atom. The van der Waals surface area contributed by atoms with Crippen molar-refractivity contribution in [2.75, 3.05) is 26.4 Å². The van der Waals surface area contributed by atoms with Gasteiger partial charge in [-0.1, -0.05) is 0 Å². The van der Waals surface area contributed by atoms with Gasteiger partial charge in [-0.2, -0.15) is 0 Å². The summed E-state index contributed by atoms with van der Waals surface area (Å²) in [5.41, 5.74) is 0. The summed E-state index contributed by atoms with van der Waals surface area (Å²) in [4.78, 5) is 8.53. The zero-order valence-electron chi connectivity index (χ0n) is 10.7. The zero-order chi connectivity index (χ0) is 13.1. The van der Waals surface area contributed by atoms with Crippen LogP contribution in [0.15, 0.2) is 0 Å². The van der Waals surface area contributed by atoms with Crippen LogP contribution >= 0.6 is 8.25 Å². The van der Waals surface area contributed by atoms with Crippen molar-refractivity contribution in [3.05, 3.63) is 0 Å². The van der Waals surface area contributed by atoms with E-state index in [1.54, 1.807) is 0 Å². The van der Waals surface area contributed by atoms with Gasteiger partial charge < -0.3 is 22.7 Å². The smallest absolute Gasteiger partial charge is 0.374 e. The molecule has 0 fully saturated rings. The SMILES string of the molecule is CCO[Si](CCCO[PH](=O)O)(OCC)OCC. The fraction of sp³-hybridized carbons (Fsp3) is 1.00. The number of hydrogen-bond donors (Lipinski definition) is 1. The molecule has 8 heteroatoms. The predicted molar refractivity (Wildman–Crippen MR) is 67.2 cm³/mol. The van der Waals surface area contributed by atoms with Crippen molar-refractivity contribution < 1.29 is 27.3 Å². The third-order valence-electron chi connectivity index (χ3n) is 1.95. The van der Waals surface area contributed by atoms with Crippen LogP contribution in [0, 0.1) is 0 Å². The highest BCUT2D eigenvalue weighted by Gasteiger charge is 2.39. The van der Waals surface area contributed by atoms with Gasteiger partial charge in [-0.05, 0) is 27.2 Å². The van der Waals surface area contributed by atoms with E-state index in [1.165, 1.54) is 0 Å². The summed E-state index contributed by atoms with van der Waals surface area (Å²) in [6, 6.07) is 0.595. The summed E-state index contributed by atoms with van der Waals surface area (Å²) >= 11 is 0. The Morgan fingerprint density at radius 3 is 1.88 bits per heavy atom. The highest BCUT2D eigenvalue weighted by Crippen LogP contribution is 2.20. The quantitative estimate of drug-likeness (QED) is 0.355. The first-order chi connectivity index (χ1) is 8.10. The average Bonchev–Trinajstić information content (AvgIpc) is 2.25. The molecule has 0 aliphatic rings. The molecule has 0 spiro atoms. The van der Waals surface area contributed by atoms with Crippen LogP contribution in [0.5, 0.6) is 0 Å². The second-order valence-electron chi connectivity index (χ2n) is 3.20. The van der Waals surface area contributed by atoms with Crippen LogP contribution in [0.4, 0.5) is 0 Å². The van der Waals surface area contributed by atoms with E-state index in [9.17, 15) is 4.57 Å². The summed E-state index contributed by atoms with van der Waals surface area (Å²) in [7, 11) is -5.47. The van der Waals surface area contributed by atoms with Gasteiger partial charge in [0, 0.05) is 25.9 Å². The molecule has 0 aromatic rings. The Labute approximate surface area is 105 Å². The van der Waals surface area contributed by atoms with Crippen molar-refractivity contribution >= 4 is 17.1 Å². The van der Waals surface area contributed by atoms with Crippen molar-refractivity contribution in [2.24, 2.45) is 0 Å². The molecule has 0 rings (SSSR count). The van der Waals surface area contributed by atoms with Gasteiger partial charge in [-0.25, -0.2) is 0 Å². The molecule has 0 heterocycles. The van der Waals surface area contributed by atoms with Gasteiger partial charge in [0.25, 0.3) is 0 Å². The lowest BCUT2D eigenvalue weighted by atomic mass is 10.5. The van der Waals surface area contributed by atoms with Crippen LogP contribution in [0.25, 0.3) is 0 Å². The molecule has 0 aromatic carbocycles. The van der Waals surface area contributed by atoms with E-state index in [2.05, 4.69) is 4.52 Å².